The van der Waals surface area contributed by atoms with Crippen LogP contribution in [0.3, 0.4) is 0 Å². The largest absolute Gasteiger partial charge is 0.347 e. The van der Waals surface area contributed by atoms with Crippen molar-refractivity contribution in [3.8, 4) is 0 Å². The molecule has 3 aliphatic rings. The highest BCUT2D eigenvalue weighted by atomic mass is 32.2. The maximum absolute atomic E-state index is 13.9. The molecule has 0 aliphatic carbocycles. The Morgan fingerprint density at radius 1 is 0.947 bits per heavy atom. The van der Waals surface area contributed by atoms with Gasteiger partial charge in [0.1, 0.15) is 0 Å². The Hall–Kier alpha value is -3.33. The van der Waals surface area contributed by atoms with Gasteiger partial charge in [-0.1, -0.05) is 35.9 Å². The van der Waals surface area contributed by atoms with Crippen molar-refractivity contribution in [2.24, 2.45) is 0 Å². The summed E-state index contributed by atoms with van der Waals surface area (Å²) in [5, 5.41) is 0. The molecule has 3 heterocycles. The van der Waals surface area contributed by atoms with Gasteiger partial charge >= 0.3 is 0 Å². The third-order valence-electron chi connectivity index (χ3n) is 7.72. The van der Waals surface area contributed by atoms with Crippen molar-refractivity contribution in [3.63, 3.8) is 0 Å². The molecule has 0 aromatic heterocycles. The van der Waals surface area contributed by atoms with E-state index in [2.05, 4.69) is 6.07 Å². The number of amides is 2. The Morgan fingerprint density at radius 2 is 1.68 bits per heavy atom. The highest BCUT2D eigenvalue weighted by Crippen LogP contribution is 2.37. The van der Waals surface area contributed by atoms with Gasteiger partial charge in [-0.25, -0.2) is 4.21 Å². The maximum Gasteiger partial charge on any atom is 0.259 e. The van der Waals surface area contributed by atoms with Gasteiger partial charge in [0.25, 0.3) is 11.8 Å². The number of benzene rings is 3. The molecule has 3 aromatic rings. The average molecular weight is 531 g/mol. The summed E-state index contributed by atoms with van der Waals surface area (Å²) >= 11 is 0. The van der Waals surface area contributed by atoms with E-state index in [4.69, 9.17) is 9.47 Å². The van der Waals surface area contributed by atoms with Crippen molar-refractivity contribution in [1.82, 2.24) is 4.90 Å². The van der Waals surface area contributed by atoms with Gasteiger partial charge in [-0.15, -0.1) is 0 Å². The fourth-order valence-electron chi connectivity index (χ4n) is 5.51. The van der Waals surface area contributed by atoms with E-state index in [1.165, 1.54) is 0 Å². The summed E-state index contributed by atoms with van der Waals surface area (Å²) in [6.07, 6.45) is 1.25. The molecule has 1 atom stereocenters. The Bertz CT molecular complexity index is 1450. The number of ether oxygens (including phenoxy) is 2. The van der Waals surface area contributed by atoms with Gasteiger partial charge in [-0.2, -0.15) is 0 Å². The fourth-order valence-corrected chi connectivity index (χ4v) is 6.86. The van der Waals surface area contributed by atoms with E-state index in [1.807, 2.05) is 26.0 Å². The second-order valence-electron chi connectivity index (χ2n) is 10.2. The molecular formula is C30H30N2O5S. The zero-order valence-electron chi connectivity index (χ0n) is 21.6. The predicted octanol–water partition coefficient (Wildman–Crippen LogP) is 4.61. The first-order chi connectivity index (χ1) is 18.3. The summed E-state index contributed by atoms with van der Waals surface area (Å²) < 4.78 is 25.3. The monoisotopic (exact) mass is 530 g/mol. The number of hydrogen-bond acceptors (Lipinski definition) is 5. The highest BCUT2D eigenvalue weighted by Gasteiger charge is 2.41. The maximum atomic E-state index is 13.9. The Morgan fingerprint density at radius 3 is 2.45 bits per heavy atom. The van der Waals surface area contributed by atoms with Gasteiger partial charge in [-0.3, -0.25) is 9.59 Å². The summed E-state index contributed by atoms with van der Waals surface area (Å²) in [6.45, 7) is 6.57. The Kier molecular flexibility index (Phi) is 6.42. The van der Waals surface area contributed by atoms with Crippen LogP contribution < -0.4 is 4.90 Å². The first-order valence-electron chi connectivity index (χ1n) is 13.0. The molecule has 1 spiro atoms. The minimum absolute atomic E-state index is 0.118. The number of aryl methyl sites for hydroxylation is 2. The quantitative estimate of drug-likeness (QED) is 0.494. The third-order valence-corrected chi connectivity index (χ3v) is 9.22. The van der Waals surface area contributed by atoms with Crippen LogP contribution in [-0.2, 0) is 26.8 Å². The zero-order valence-corrected chi connectivity index (χ0v) is 22.4. The first-order valence-corrected chi connectivity index (χ1v) is 14.1. The lowest BCUT2D eigenvalue weighted by atomic mass is 10.0. The van der Waals surface area contributed by atoms with Crippen LogP contribution >= 0.6 is 0 Å². The van der Waals surface area contributed by atoms with E-state index in [1.54, 1.807) is 52.3 Å². The fraction of sp³-hybridized carbons (Fsp3) is 0.333. The van der Waals surface area contributed by atoms with Crippen molar-refractivity contribution < 1.29 is 23.3 Å². The second kappa shape index (κ2) is 9.76. The van der Waals surface area contributed by atoms with E-state index in [0.29, 0.717) is 72.3 Å². The topological polar surface area (TPSA) is 76.2 Å². The SMILES string of the molecule is Cc1ccc(C)c(CN2C(=O)c3ccccc3[S@](=O)c3ccc(C(=O)N4CCC5(CC4)OCCO5)cc32)c1. The molecule has 0 radical (unpaired) electrons. The second-order valence-corrected chi connectivity index (χ2v) is 11.6. The van der Waals surface area contributed by atoms with Crippen molar-refractivity contribution in [3.05, 3.63) is 88.5 Å². The number of hydrogen-bond donors (Lipinski definition) is 0. The van der Waals surface area contributed by atoms with E-state index in [9.17, 15) is 13.8 Å². The molecule has 3 aromatic carbocycles. The van der Waals surface area contributed by atoms with Crippen LogP contribution in [0.4, 0.5) is 5.69 Å². The zero-order chi connectivity index (χ0) is 26.4. The molecule has 0 saturated carbocycles. The molecule has 38 heavy (non-hydrogen) atoms. The molecular weight excluding hydrogens is 500 g/mol. The smallest absolute Gasteiger partial charge is 0.259 e. The minimum Gasteiger partial charge on any atom is -0.347 e. The standard InChI is InChI=1S/C30H30N2O5S/c1-20-7-8-21(2)23(17-20)19-32-25-18-22(28(33)31-13-11-30(12-14-31)36-15-16-37-30)9-10-27(25)38(35)26-6-4-3-5-24(26)29(32)34/h3-10,17-18H,11-16,19H2,1-2H3/t38-/m0/s1. The van der Waals surface area contributed by atoms with Crippen molar-refractivity contribution in [1.29, 1.82) is 0 Å². The average Bonchev–Trinajstić information content (AvgIpc) is 3.37. The van der Waals surface area contributed by atoms with Gasteiger partial charge < -0.3 is 19.3 Å². The number of fused-ring (bicyclic) bond motifs is 2. The number of piperidine rings is 1. The van der Waals surface area contributed by atoms with E-state index < -0.39 is 16.6 Å². The van der Waals surface area contributed by atoms with Gasteiger partial charge in [0.2, 0.25) is 0 Å². The van der Waals surface area contributed by atoms with Crippen LogP contribution in [0.5, 0.6) is 0 Å². The molecule has 8 heteroatoms. The summed E-state index contributed by atoms with van der Waals surface area (Å²) in [7, 11) is -1.57. The molecule has 2 fully saturated rings. The summed E-state index contributed by atoms with van der Waals surface area (Å²) in [5.74, 6) is -0.914. The molecule has 7 nitrogen and oxygen atoms in total. The third kappa shape index (κ3) is 4.36. The van der Waals surface area contributed by atoms with Gasteiger partial charge in [0, 0.05) is 31.5 Å². The number of anilines is 1. The summed E-state index contributed by atoms with van der Waals surface area (Å²) in [4.78, 5) is 32.0. The molecule has 196 valence electrons. The number of carbonyl (C=O) groups excluding carboxylic acids is 2. The van der Waals surface area contributed by atoms with Crippen LogP contribution in [-0.4, -0.2) is 53.0 Å². The Balaban J connectivity index is 1.38. The van der Waals surface area contributed by atoms with E-state index in [-0.39, 0.29) is 11.8 Å². The molecule has 0 bridgehead atoms. The van der Waals surface area contributed by atoms with Gasteiger partial charge in [0.05, 0.1) is 51.6 Å². The lowest BCUT2D eigenvalue weighted by Gasteiger charge is -2.37. The van der Waals surface area contributed by atoms with Crippen LogP contribution in [0.1, 0.15) is 50.2 Å². The number of carbonyl (C=O) groups is 2. The molecule has 0 unspecified atom stereocenters. The highest BCUT2D eigenvalue weighted by molar-refractivity contribution is 7.85. The van der Waals surface area contributed by atoms with Crippen molar-refractivity contribution in [2.45, 2.75) is 48.8 Å². The Labute approximate surface area is 224 Å². The van der Waals surface area contributed by atoms with Crippen molar-refractivity contribution in [2.75, 3.05) is 31.2 Å². The molecule has 2 amide bonds. The lowest BCUT2D eigenvalue weighted by molar-refractivity contribution is -0.181. The van der Waals surface area contributed by atoms with Crippen molar-refractivity contribution >= 4 is 28.3 Å². The molecule has 2 saturated heterocycles. The van der Waals surface area contributed by atoms with E-state index in [0.717, 1.165) is 16.7 Å². The summed E-state index contributed by atoms with van der Waals surface area (Å²) in [5.41, 5.74) is 4.55. The normalized spacial score (nSPS) is 20.3. The first kappa shape index (κ1) is 25.0. The molecule has 3 aliphatic heterocycles. The van der Waals surface area contributed by atoms with E-state index >= 15 is 0 Å². The number of nitrogens with zero attached hydrogens (tertiary/aromatic N) is 2. The minimum atomic E-state index is -1.57. The lowest BCUT2D eigenvalue weighted by Crippen LogP contribution is -2.47. The van der Waals surface area contributed by atoms with Crippen LogP contribution in [0.2, 0.25) is 0 Å². The van der Waals surface area contributed by atoms with Crippen LogP contribution in [0.15, 0.2) is 70.5 Å². The summed E-state index contributed by atoms with van der Waals surface area (Å²) in [6, 6.07) is 18.4. The molecule has 6 rings (SSSR count). The van der Waals surface area contributed by atoms with Crippen LogP contribution in [0, 0.1) is 13.8 Å². The number of rotatable bonds is 3. The predicted molar refractivity (Wildman–Crippen MR) is 144 cm³/mol. The van der Waals surface area contributed by atoms with Gasteiger partial charge in [-0.05, 0) is 55.3 Å². The van der Waals surface area contributed by atoms with Gasteiger partial charge in [0.15, 0.2) is 5.79 Å². The van der Waals surface area contributed by atoms with Crippen LogP contribution in [0.25, 0.3) is 0 Å². The molecule has 0 N–H and O–H groups in total. The number of likely N-dealkylation sites (tertiary alicyclic amines) is 1.